The zero-order valence-electron chi connectivity index (χ0n) is 5.43. The van der Waals surface area contributed by atoms with Crippen LogP contribution in [0.1, 0.15) is 19.8 Å². The van der Waals surface area contributed by atoms with Gasteiger partial charge in [-0.05, 0) is 31.4 Å². The molecule has 46 valence electrons. The zero-order valence-corrected chi connectivity index (χ0v) is 5.43. The van der Waals surface area contributed by atoms with Crippen molar-refractivity contribution in [2.45, 2.75) is 19.8 Å². The van der Waals surface area contributed by atoms with Crippen LogP contribution in [0.15, 0.2) is 4.99 Å². The van der Waals surface area contributed by atoms with Crippen LogP contribution in [0.4, 0.5) is 0 Å². The van der Waals surface area contributed by atoms with Crippen LogP contribution < -0.4 is 0 Å². The quantitative estimate of drug-likeness (QED) is 0.492. The van der Waals surface area contributed by atoms with Gasteiger partial charge in [-0.2, -0.15) is 0 Å². The molecular formula is C7H13N. The highest BCUT2D eigenvalue weighted by molar-refractivity contribution is 5.23. The SMILES string of the molecule is C=NCCC1CC1C. The fourth-order valence-electron chi connectivity index (χ4n) is 1.06. The predicted octanol–water partition coefficient (Wildman–Crippen LogP) is 1.73. The first kappa shape index (κ1) is 5.80. The Labute approximate surface area is 50.8 Å². The molecule has 0 N–H and O–H groups in total. The normalized spacial score (nSPS) is 34.6. The first-order chi connectivity index (χ1) is 3.84. The van der Waals surface area contributed by atoms with Gasteiger partial charge in [-0.15, -0.1) is 0 Å². The number of rotatable bonds is 3. The van der Waals surface area contributed by atoms with E-state index in [-0.39, 0.29) is 0 Å². The third-order valence-electron chi connectivity index (χ3n) is 1.93. The standard InChI is InChI=1S/C7H13N/c1-6-5-7(6)3-4-8-2/h6-7H,2-5H2,1H3. The Kier molecular flexibility index (Phi) is 1.66. The van der Waals surface area contributed by atoms with Gasteiger partial charge in [0.1, 0.15) is 0 Å². The van der Waals surface area contributed by atoms with E-state index < -0.39 is 0 Å². The molecule has 1 fully saturated rings. The van der Waals surface area contributed by atoms with E-state index in [0.717, 1.165) is 18.4 Å². The van der Waals surface area contributed by atoms with Crippen molar-refractivity contribution in [3.63, 3.8) is 0 Å². The second-order valence-electron chi connectivity index (χ2n) is 2.71. The monoisotopic (exact) mass is 111 g/mol. The van der Waals surface area contributed by atoms with Gasteiger partial charge < -0.3 is 4.99 Å². The summed E-state index contributed by atoms with van der Waals surface area (Å²) in [6, 6.07) is 0. The molecule has 0 bridgehead atoms. The molecule has 0 aromatic rings. The first-order valence-corrected chi connectivity index (χ1v) is 3.27. The van der Waals surface area contributed by atoms with Crippen molar-refractivity contribution in [3.8, 4) is 0 Å². The highest BCUT2D eigenvalue weighted by atomic mass is 14.7. The molecule has 0 radical (unpaired) electrons. The van der Waals surface area contributed by atoms with E-state index in [9.17, 15) is 0 Å². The lowest BCUT2D eigenvalue weighted by molar-refractivity contribution is 0.686. The molecule has 0 aromatic heterocycles. The second-order valence-corrected chi connectivity index (χ2v) is 2.71. The molecule has 1 aliphatic rings. The topological polar surface area (TPSA) is 12.4 Å². The molecule has 1 saturated carbocycles. The van der Waals surface area contributed by atoms with Gasteiger partial charge in [0, 0.05) is 6.54 Å². The Morgan fingerprint density at radius 3 is 2.75 bits per heavy atom. The number of hydrogen-bond acceptors (Lipinski definition) is 1. The van der Waals surface area contributed by atoms with E-state index in [4.69, 9.17) is 0 Å². The van der Waals surface area contributed by atoms with Crippen LogP contribution in [0.3, 0.4) is 0 Å². The van der Waals surface area contributed by atoms with Crippen molar-refractivity contribution >= 4 is 6.72 Å². The maximum atomic E-state index is 3.80. The van der Waals surface area contributed by atoms with Gasteiger partial charge in [-0.25, -0.2) is 0 Å². The summed E-state index contributed by atoms with van der Waals surface area (Å²) in [5.74, 6) is 1.97. The molecule has 8 heavy (non-hydrogen) atoms. The molecule has 1 rings (SSSR count). The van der Waals surface area contributed by atoms with Gasteiger partial charge in [0.25, 0.3) is 0 Å². The van der Waals surface area contributed by atoms with E-state index in [1.807, 2.05) is 0 Å². The van der Waals surface area contributed by atoms with E-state index in [1.165, 1.54) is 12.8 Å². The molecule has 2 atom stereocenters. The van der Waals surface area contributed by atoms with E-state index in [2.05, 4.69) is 18.6 Å². The maximum absolute atomic E-state index is 3.80. The molecule has 1 nitrogen and oxygen atoms in total. The van der Waals surface area contributed by atoms with Crippen molar-refractivity contribution < 1.29 is 0 Å². The molecule has 1 aliphatic carbocycles. The van der Waals surface area contributed by atoms with E-state index in [0.29, 0.717) is 0 Å². The third-order valence-corrected chi connectivity index (χ3v) is 1.93. The van der Waals surface area contributed by atoms with Crippen LogP contribution in [0.25, 0.3) is 0 Å². The lowest BCUT2D eigenvalue weighted by atomic mass is 10.2. The van der Waals surface area contributed by atoms with Gasteiger partial charge >= 0.3 is 0 Å². The van der Waals surface area contributed by atoms with Gasteiger partial charge in [-0.1, -0.05) is 6.92 Å². The average Bonchev–Trinajstić information content (AvgIpc) is 2.42. The molecule has 0 amide bonds. The summed E-state index contributed by atoms with van der Waals surface area (Å²) < 4.78 is 0. The van der Waals surface area contributed by atoms with Crippen LogP contribution in [0, 0.1) is 11.8 Å². The summed E-state index contributed by atoms with van der Waals surface area (Å²) in [4.78, 5) is 3.80. The smallest absolute Gasteiger partial charge is 0.0384 e. The fourth-order valence-corrected chi connectivity index (χ4v) is 1.06. The molecule has 0 aromatic carbocycles. The number of aliphatic imine (C=N–C) groups is 1. The van der Waals surface area contributed by atoms with Gasteiger partial charge in [0.2, 0.25) is 0 Å². The molecule has 1 heteroatoms. The van der Waals surface area contributed by atoms with Crippen LogP contribution in [-0.4, -0.2) is 13.3 Å². The summed E-state index contributed by atoms with van der Waals surface area (Å²) in [6.07, 6.45) is 2.69. The van der Waals surface area contributed by atoms with Gasteiger partial charge in [0.15, 0.2) is 0 Å². The van der Waals surface area contributed by atoms with Crippen LogP contribution >= 0.6 is 0 Å². The minimum atomic E-state index is 0.967. The van der Waals surface area contributed by atoms with Crippen LogP contribution in [0.5, 0.6) is 0 Å². The van der Waals surface area contributed by atoms with Crippen molar-refractivity contribution in [1.29, 1.82) is 0 Å². The Morgan fingerprint density at radius 1 is 1.75 bits per heavy atom. The fraction of sp³-hybridized carbons (Fsp3) is 0.857. The lowest BCUT2D eigenvalue weighted by Crippen LogP contribution is -1.82. The Morgan fingerprint density at radius 2 is 2.38 bits per heavy atom. The van der Waals surface area contributed by atoms with Crippen LogP contribution in [0.2, 0.25) is 0 Å². The molecule has 2 unspecified atom stereocenters. The van der Waals surface area contributed by atoms with Crippen molar-refractivity contribution in [1.82, 2.24) is 0 Å². The third kappa shape index (κ3) is 1.32. The number of nitrogens with zero attached hydrogens (tertiary/aromatic N) is 1. The highest BCUT2D eigenvalue weighted by Crippen LogP contribution is 2.40. The summed E-state index contributed by atoms with van der Waals surface area (Å²) in [7, 11) is 0. The molecule has 0 saturated heterocycles. The largest absolute Gasteiger partial charge is 0.301 e. The van der Waals surface area contributed by atoms with Crippen molar-refractivity contribution in [2.24, 2.45) is 16.8 Å². The Hall–Kier alpha value is -0.330. The predicted molar refractivity (Wildman–Crippen MR) is 36.3 cm³/mol. The summed E-state index contributed by atoms with van der Waals surface area (Å²) >= 11 is 0. The highest BCUT2D eigenvalue weighted by Gasteiger charge is 2.31. The van der Waals surface area contributed by atoms with Crippen LogP contribution in [-0.2, 0) is 0 Å². The minimum absolute atomic E-state index is 0.967. The van der Waals surface area contributed by atoms with E-state index >= 15 is 0 Å². The summed E-state index contributed by atoms with van der Waals surface area (Å²) in [6.45, 7) is 6.70. The second kappa shape index (κ2) is 2.29. The average molecular weight is 111 g/mol. The maximum Gasteiger partial charge on any atom is 0.0384 e. The Balaban J connectivity index is 1.97. The van der Waals surface area contributed by atoms with Crippen molar-refractivity contribution in [2.75, 3.05) is 6.54 Å². The molecule has 0 spiro atoms. The summed E-state index contributed by atoms with van der Waals surface area (Å²) in [5, 5.41) is 0. The Bertz CT molecular complexity index is 88.4. The zero-order chi connectivity index (χ0) is 5.98. The van der Waals surface area contributed by atoms with Gasteiger partial charge in [0.05, 0.1) is 0 Å². The van der Waals surface area contributed by atoms with Crippen molar-refractivity contribution in [3.05, 3.63) is 0 Å². The summed E-state index contributed by atoms with van der Waals surface area (Å²) in [5.41, 5.74) is 0. The van der Waals surface area contributed by atoms with Gasteiger partial charge in [-0.3, -0.25) is 0 Å². The lowest BCUT2D eigenvalue weighted by Gasteiger charge is -1.88. The number of hydrogen-bond donors (Lipinski definition) is 0. The minimum Gasteiger partial charge on any atom is -0.301 e. The molecule has 0 heterocycles. The molecular weight excluding hydrogens is 98.1 g/mol. The first-order valence-electron chi connectivity index (χ1n) is 3.27. The van der Waals surface area contributed by atoms with E-state index in [1.54, 1.807) is 0 Å². The molecule has 0 aliphatic heterocycles.